The van der Waals surface area contributed by atoms with Crippen molar-refractivity contribution in [2.75, 3.05) is 13.1 Å². The largest absolute Gasteiger partial charge is 0.297 e. The molecule has 2 fully saturated rings. The van der Waals surface area contributed by atoms with E-state index < -0.39 is 6.04 Å². The number of carbonyl (C=O) groups is 1. The summed E-state index contributed by atoms with van der Waals surface area (Å²) in [6.07, 6.45) is 6.53. The Labute approximate surface area is 162 Å². The Hall–Kier alpha value is -1.50. The lowest BCUT2D eigenvalue weighted by atomic mass is 9.93. The van der Waals surface area contributed by atoms with Crippen LogP contribution < -0.4 is 0 Å². The molecule has 1 saturated heterocycles. The molecule has 0 radical (unpaired) electrons. The van der Waals surface area contributed by atoms with Crippen LogP contribution in [0.25, 0.3) is 6.08 Å². The van der Waals surface area contributed by atoms with Gasteiger partial charge in [0.05, 0.1) is 6.04 Å². The first-order valence-corrected chi connectivity index (χ1v) is 10.3. The lowest BCUT2D eigenvalue weighted by Crippen LogP contribution is -2.42. The van der Waals surface area contributed by atoms with E-state index in [1.54, 1.807) is 29.7 Å². The molecule has 26 heavy (non-hydrogen) atoms. The molecule has 2 aromatic rings. The second-order valence-electron chi connectivity index (χ2n) is 6.97. The van der Waals surface area contributed by atoms with E-state index in [1.165, 1.54) is 6.07 Å². The predicted molar refractivity (Wildman–Crippen MR) is 106 cm³/mol. The van der Waals surface area contributed by atoms with Crippen LogP contribution in [-0.4, -0.2) is 34.0 Å². The summed E-state index contributed by atoms with van der Waals surface area (Å²) in [6.45, 7) is 1.35. The van der Waals surface area contributed by atoms with E-state index >= 15 is 0 Å². The molecule has 3 nitrogen and oxygen atoms in total. The molecular formula is C20H21FN2OS2. The number of benzene rings is 1. The number of halogens is 1. The van der Waals surface area contributed by atoms with Gasteiger partial charge in [-0.3, -0.25) is 9.69 Å². The number of rotatable bonds is 5. The highest BCUT2D eigenvalue weighted by Gasteiger charge is 2.40. The van der Waals surface area contributed by atoms with Crippen molar-refractivity contribution in [3.05, 3.63) is 57.8 Å². The zero-order valence-electron chi connectivity index (χ0n) is 14.3. The number of piperidine rings is 1. The molecule has 1 aromatic carbocycles. The first kappa shape index (κ1) is 17.9. The van der Waals surface area contributed by atoms with E-state index in [0.29, 0.717) is 12.1 Å². The van der Waals surface area contributed by atoms with Crippen LogP contribution in [0.1, 0.15) is 35.9 Å². The van der Waals surface area contributed by atoms with Gasteiger partial charge in [0.15, 0.2) is 5.78 Å². The number of nitrogens with zero attached hydrogens (tertiary/aromatic N) is 2. The lowest BCUT2D eigenvalue weighted by Gasteiger charge is -2.37. The van der Waals surface area contributed by atoms with Crippen LogP contribution in [0, 0.1) is 11.7 Å². The summed E-state index contributed by atoms with van der Waals surface area (Å²) in [5.41, 5.74) is 1.63. The Bertz CT molecular complexity index is 817. The minimum Gasteiger partial charge on any atom is -0.297 e. The first-order chi connectivity index (χ1) is 12.6. The summed E-state index contributed by atoms with van der Waals surface area (Å²) in [5, 5.41) is 3.03. The predicted octanol–water partition coefficient (Wildman–Crippen LogP) is 4.39. The van der Waals surface area contributed by atoms with Gasteiger partial charge in [-0.2, -0.15) is 12.6 Å². The lowest BCUT2D eigenvalue weighted by molar-refractivity contribution is -0.126. The van der Waals surface area contributed by atoms with Gasteiger partial charge in [0.1, 0.15) is 10.8 Å². The molecule has 136 valence electrons. The molecule has 0 N–H and O–H groups in total. The Morgan fingerprint density at radius 3 is 2.85 bits per heavy atom. The van der Waals surface area contributed by atoms with Gasteiger partial charge in [0.2, 0.25) is 0 Å². The number of thiazole rings is 1. The molecule has 0 bridgehead atoms. The number of Topliss-reactive ketones (excluding diaryl/α,β-unsaturated/α-hetero) is 1. The van der Waals surface area contributed by atoms with Crippen LogP contribution >= 0.6 is 24.0 Å². The standard InChI is InChI=1S/C20H21FN2OS2/c21-16-4-2-1-3-15(16)19(20(24)13-5-6-13)23-9-7-17(25)14(12-23)11-18-22-8-10-26-18/h1-4,8,10-11,13,17,19,25H,5-7,9,12H2/b14-11+. The van der Waals surface area contributed by atoms with Crippen molar-refractivity contribution in [2.45, 2.75) is 30.6 Å². The molecule has 4 rings (SSSR count). The highest BCUT2D eigenvalue weighted by atomic mass is 32.1. The SMILES string of the molecule is O=C(C1CC1)C(c1ccccc1F)N1CCC(S)/C(=C/c2nccs2)C1. The fourth-order valence-electron chi connectivity index (χ4n) is 3.54. The second kappa shape index (κ2) is 7.62. The molecule has 2 heterocycles. The molecule has 2 atom stereocenters. The zero-order valence-corrected chi connectivity index (χ0v) is 16.1. The van der Waals surface area contributed by atoms with E-state index in [9.17, 15) is 9.18 Å². The molecular weight excluding hydrogens is 367 g/mol. The summed E-state index contributed by atoms with van der Waals surface area (Å²) in [5.74, 6) is -0.0639. The van der Waals surface area contributed by atoms with Crippen molar-refractivity contribution in [3.63, 3.8) is 0 Å². The first-order valence-electron chi connectivity index (χ1n) is 8.93. The van der Waals surface area contributed by atoms with E-state index in [0.717, 1.165) is 36.4 Å². The summed E-state index contributed by atoms with van der Waals surface area (Å²) in [4.78, 5) is 19.4. The smallest absolute Gasteiger partial charge is 0.157 e. The minimum atomic E-state index is -0.510. The molecule has 1 aliphatic carbocycles. The third-order valence-corrected chi connectivity index (χ3v) is 6.39. The van der Waals surface area contributed by atoms with E-state index in [1.807, 2.05) is 11.4 Å². The zero-order chi connectivity index (χ0) is 18.1. The highest BCUT2D eigenvalue weighted by Crippen LogP contribution is 2.39. The maximum atomic E-state index is 14.5. The van der Waals surface area contributed by atoms with Crippen molar-refractivity contribution in [3.8, 4) is 0 Å². The molecule has 2 aliphatic rings. The van der Waals surface area contributed by atoms with Gasteiger partial charge >= 0.3 is 0 Å². The summed E-state index contributed by atoms with van der Waals surface area (Å²) in [7, 11) is 0. The highest BCUT2D eigenvalue weighted by molar-refractivity contribution is 7.81. The molecule has 0 amide bonds. The van der Waals surface area contributed by atoms with Gasteiger partial charge in [0, 0.05) is 41.4 Å². The second-order valence-corrected chi connectivity index (χ2v) is 8.51. The van der Waals surface area contributed by atoms with Crippen LogP contribution in [0.5, 0.6) is 0 Å². The quantitative estimate of drug-likeness (QED) is 0.771. The van der Waals surface area contributed by atoms with Crippen molar-refractivity contribution in [1.29, 1.82) is 0 Å². The average Bonchev–Trinajstić information content (AvgIpc) is 3.37. The van der Waals surface area contributed by atoms with E-state index in [2.05, 4.69) is 16.0 Å². The Morgan fingerprint density at radius 1 is 1.35 bits per heavy atom. The molecule has 2 unspecified atom stereocenters. The monoisotopic (exact) mass is 388 g/mol. The van der Waals surface area contributed by atoms with Crippen LogP contribution in [0.4, 0.5) is 4.39 Å². The summed E-state index contributed by atoms with van der Waals surface area (Å²) in [6, 6.07) is 6.16. The van der Waals surface area contributed by atoms with Gasteiger partial charge in [-0.1, -0.05) is 18.2 Å². The minimum absolute atomic E-state index is 0.0831. The molecule has 6 heteroatoms. The van der Waals surface area contributed by atoms with Crippen molar-refractivity contribution >= 4 is 35.8 Å². The summed E-state index contributed by atoms with van der Waals surface area (Å²) >= 11 is 6.29. The number of likely N-dealkylation sites (tertiary alicyclic amines) is 1. The van der Waals surface area contributed by atoms with Crippen LogP contribution in [0.2, 0.25) is 0 Å². The Balaban J connectivity index is 1.65. The van der Waals surface area contributed by atoms with Gasteiger partial charge in [-0.15, -0.1) is 11.3 Å². The fraction of sp³-hybridized carbons (Fsp3) is 0.400. The van der Waals surface area contributed by atoms with Crippen LogP contribution in [0.3, 0.4) is 0 Å². The number of carbonyl (C=O) groups excluding carboxylic acids is 1. The average molecular weight is 389 g/mol. The van der Waals surface area contributed by atoms with Gasteiger partial charge in [0.25, 0.3) is 0 Å². The van der Waals surface area contributed by atoms with Crippen molar-refractivity contribution in [1.82, 2.24) is 9.88 Å². The van der Waals surface area contributed by atoms with Gasteiger partial charge < -0.3 is 0 Å². The van der Waals surface area contributed by atoms with Crippen LogP contribution in [0.15, 0.2) is 41.4 Å². The van der Waals surface area contributed by atoms with Crippen LogP contribution in [-0.2, 0) is 4.79 Å². The van der Waals surface area contributed by atoms with Gasteiger partial charge in [-0.05, 0) is 37.0 Å². The topological polar surface area (TPSA) is 33.2 Å². The van der Waals surface area contributed by atoms with Crippen molar-refractivity contribution < 1.29 is 9.18 Å². The molecule has 1 saturated carbocycles. The summed E-state index contributed by atoms with van der Waals surface area (Å²) < 4.78 is 14.5. The maximum absolute atomic E-state index is 14.5. The number of hydrogen-bond donors (Lipinski definition) is 1. The number of hydrogen-bond acceptors (Lipinski definition) is 5. The number of ketones is 1. The Morgan fingerprint density at radius 2 is 2.15 bits per heavy atom. The number of aromatic nitrogens is 1. The molecule has 0 spiro atoms. The molecule has 1 aromatic heterocycles. The maximum Gasteiger partial charge on any atom is 0.157 e. The van der Waals surface area contributed by atoms with Gasteiger partial charge in [-0.25, -0.2) is 9.37 Å². The number of thiol groups is 1. The Kier molecular flexibility index (Phi) is 5.25. The van der Waals surface area contributed by atoms with E-state index in [4.69, 9.17) is 12.6 Å². The fourth-order valence-corrected chi connectivity index (χ4v) is 4.41. The molecule has 1 aliphatic heterocycles. The normalized spacial score (nSPS) is 23.9. The third kappa shape index (κ3) is 3.77. The van der Waals surface area contributed by atoms with Crippen molar-refractivity contribution in [2.24, 2.45) is 5.92 Å². The third-order valence-electron chi connectivity index (χ3n) is 5.08. The van der Waals surface area contributed by atoms with E-state index in [-0.39, 0.29) is 22.8 Å².